The Kier molecular flexibility index (Phi) is 12.7. The fourth-order valence-electron chi connectivity index (χ4n) is 4.69. The van der Waals surface area contributed by atoms with Gasteiger partial charge in [-0.05, 0) is 65.2 Å². The number of carbonyl (C=O) groups excluding carboxylic acids is 1. The summed E-state index contributed by atoms with van der Waals surface area (Å²) in [5, 5.41) is 0. The summed E-state index contributed by atoms with van der Waals surface area (Å²) < 4.78 is 39.0. The van der Waals surface area contributed by atoms with Crippen molar-refractivity contribution in [1.29, 1.82) is 0 Å². The molecular formula is C26H47N5O5S. The fraction of sp³-hybridized carbons (Fsp3) is 0.731. The molecule has 1 unspecified atom stereocenters. The summed E-state index contributed by atoms with van der Waals surface area (Å²) in [6.45, 7) is 14.4. The zero-order valence-corrected chi connectivity index (χ0v) is 24.6. The number of rotatable bonds is 10. The molecule has 0 N–H and O–H groups in total. The SMILES string of the molecule is CCOCC1CN(C)CCN1S(=O)(=O)c1c(C)cc(OC)cc1C.CN(C)CCN1CCN(C=O)CC1. The second kappa shape index (κ2) is 15.0. The van der Waals surface area contributed by atoms with Crippen LogP contribution >= 0.6 is 0 Å². The van der Waals surface area contributed by atoms with Crippen LogP contribution in [0.5, 0.6) is 5.75 Å². The summed E-state index contributed by atoms with van der Waals surface area (Å²) in [5.41, 5.74) is 1.42. The molecule has 1 aromatic rings. The van der Waals surface area contributed by atoms with Gasteiger partial charge in [-0.15, -0.1) is 0 Å². The summed E-state index contributed by atoms with van der Waals surface area (Å²) in [5.74, 6) is 0.674. The number of nitrogens with zero attached hydrogens (tertiary/aromatic N) is 5. The maximum Gasteiger partial charge on any atom is 0.244 e. The number of ether oxygens (including phenoxy) is 2. The molecule has 2 heterocycles. The van der Waals surface area contributed by atoms with E-state index in [-0.39, 0.29) is 6.04 Å². The van der Waals surface area contributed by atoms with Crippen molar-refractivity contribution in [2.24, 2.45) is 0 Å². The van der Waals surface area contributed by atoms with E-state index in [4.69, 9.17) is 9.47 Å². The first-order valence-electron chi connectivity index (χ1n) is 13.0. The minimum absolute atomic E-state index is 0.172. The molecule has 10 nitrogen and oxygen atoms in total. The third kappa shape index (κ3) is 9.19. The van der Waals surface area contributed by atoms with Crippen LogP contribution in [-0.4, -0.2) is 145 Å². The lowest BCUT2D eigenvalue weighted by Gasteiger charge is -2.39. The van der Waals surface area contributed by atoms with E-state index >= 15 is 0 Å². The van der Waals surface area contributed by atoms with Gasteiger partial charge in [0, 0.05) is 65.5 Å². The Hall–Kier alpha value is -1.76. The van der Waals surface area contributed by atoms with Crippen LogP contribution in [-0.2, 0) is 19.6 Å². The highest BCUT2D eigenvalue weighted by molar-refractivity contribution is 7.89. The second-order valence-corrected chi connectivity index (χ2v) is 11.9. The minimum Gasteiger partial charge on any atom is -0.497 e. The van der Waals surface area contributed by atoms with Gasteiger partial charge in [0.25, 0.3) is 0 Å². The number of hydrogen-bond acceptors (Lipinski definition) is 8. The van der Waals surface area contributed by atoms with Crippen molar-refractivity contribution in [3.05, 3.63) is 23.3 Å². The van der Waals surface area contributed by atoms with E-state index in [2.05, 4.69) is 28.8 Å². The Balaban J connectivity index is 0.000000312. The highest BCUT2D eigenvalue weighted by atomic mass is 32.2. The molecule has 1 amide bonds. The lowest BCUT2D eigenvalue weighted by atomic mass is 10.1. The first-order valence-corrected chi connectivity index (χ1v) is 14.5. The smallest absolute Gasteiger partial charge is 0.244 e. The Morgan fingerprint density at radius 1 is 1.05 bits per heavy atom. The number of amides is 1. The van der Waals surface area contributed by atoms with E-state index < -0.39 is 10.0 Å². The number of sulfonamides is 1. The molecule has 2 aliphatic heterocycles. The lowest BCUT2D eigenvalue weighted by molar-refractivity contribution is -0.119. The molecule has 2 aliphatic rings. The van der Waals surface area contributed by atoms with Crippen LogP contribution < -0.4 is 4.74 Å². The van der Waals surface area contributed by atoms with Crippen molar-refractivity contribution >= 4 is 16.4 Å². The molecule has 0 bridgehead atoms. The van der Waals surface area contributed by atoms with Gasteiger partial charge in [0.2, 0.25) is 16.4 Å². The molecule has 0 aliphatic carbocycles. The molecule has 0 radical (unpaired) electrons. The molecule has 37 heavy (non-hydrogen) atoms. The Bertz CT molecular complexity index is 928. The summed E-state index contributed by atoms with van der Waals surface area (Å²) in [6.07, 6.45) is 0.948. The topological polar surface area (TPSA) is 85.9 Å². The van der Waals surface area contributed by atoms with Crippen LogP contribution in [0.15, 0.2) is 17.0 Å². The maximum absolute atomic E-state index is 13.3. The summed E-state index contributed by atoms with van der Waals surface area (Å²) in [6, 6.07) is 3.37. The first kappa shape index (κ1) is 31.5. The second-order valence-electron chi connectivity index (χ2n) is 10.1. The van der Waals surface area contributed by atoms with E-state index in [1.54, 1.807) is 23.5 Å². The molecule has 2 fully saturated rings. The number of benzene rings is 1. The van der Waals surface area contributed by atoms with E-state index in [1.165, 1.54) is 0 Å². The highest BCUT2D eigenvalue weighted by Crippen LogP contribution is 2.30. The zero-order chi connectivity index (χ0) is 27.6. The predicted molar refractivity (Wildman–Crippen MR) is 147 cm³/mol. The zero-order valence-electron chi connectivity index (χ0n) is 23.8. The summed E-state index contributed by atoms with van der Waals surface area (Å²) >= 11 is 0. The van der Waals surface area contributed by atoms with Crippen molar-refractivity contribution in [3.8, 4) is 5.75 Å². The van der Waals surface area contributed by atoms with Crippen LogP contribution in [0.2, 0.25) is 0 Å². The summed E-state index contributed by atoms with van der Waals surface area (Å²) in [7, 11) is 4.18. The number of carbonyl (C=O) groups is 1. The van der Waals surface area contributed by atoms with Crippen LogP contribution in [0.25, 0.3) is 0 Å². The fourth-order valence-corrected chi connectivity index (χ4v) is 6.69. The molecule has 1 atom stereocenters. The van der Waals surface area contributed by atoms with Crippen LogP contribution in [0.1, 0.15) is 18.1 Å². The van der Waals surface area contributed by atoms with E-state index in [0.29, 0.717) is 48.1 Å². The average molecular weight is 542 g/mol. The molecule has 2 saturated heterocycles. The van der Waals surface area contributed by atoms with Gasteiger partial charge in [0.05, 0.1) is 24.7 Å². The monoisotopic (exact) mass is 541 g/mol. The molecular weight excluding hydrogens is 494 g/mol. The maximum atomic E-state index is 13.3. The Labute approximate surface area is 224 Å². The van der Waals surface area contributed by atoms with Crippen LogP contribution in [0, 0.1) is 13.8 Å². The van der Waals surface area contributed by atoms with Crippen molar-refractivity contribution in [3.63, 3.8) is 0 Å². The molecule has 3 rings (SSSR count). The van der Waals surface area contributed by atoms with E-state index in [0.717, 1.165) is 52.2 Å². The number of methoxy groups -OCH3 is 1. The molecule has 0 aromatic heterocycles. The standard InChI is InChI=1S/C17H28N2O4S.C9H19N3O/c1-6-23-12-15-11-18(4)7-8-19(15)24(20,21)17-13(2)9-16(22-5)10-14(17)3;1-10(2)3-4-11-5-7-12(9-13)8-6-11/h9-10,15H,6-8,11-12H2,1-5H3;9H,3-8H2,1-2H3. The quantitative estimate of drug-likeness (QED) is 0.405. The largest absolute Gasteiger partial charge is 0.497 e. The molecule has 0 saturated carbocycles. The van der Waals surface area contributed by atoms with Gasteiger partial charge in [0.1, 0.15) is 5.75 Å². The van der Waals surface area contributed by atoms with E-state index in [9.17, 15) is 13.2 Å². The molecule has 212 valence electrons. The highest BCUT2D eigenvalue weighted by Gasteiger charge is 2.37. The average Bonchev–Trinajstić information content (AvgIpc) is 2.86. The molecule has 1 aromatic carbocycles. The van der Waals surface area contributed by atoms with Gasteiger partial charge in [-0.25, -0.2) is 8.42 Å². The Morgan fingerprint density at radius 2 is 1.68 bits per heavy atom. The van der Waals surface area contributed by atoms with Gasteiger partial charge >= 0.3 is 0 Å². The van der Waals surface area contributed by atoms with Crippen LogP contribution in [0.4, 0.5) is 0 Å². The number of likely N-dealkylation sites (N-methyl/N-ethyl adjacent to an activating group) is 2. The molecule has 0 spiro atoms. The minimum atomic E-state index is -3.58. The number of piperazine rings is 2. The van der Waals surface area contributed by atoms with Crippen molar-refractivity contribution in [2.45, 2.75) is 31.7 Å². The van der Waals surface area contributed by atoms with Gasteiger partial charge in [-0.2, -0.15) is 4.31 Å². The van der Waals surface area contributed by atoms with Gasteiger partial charge in [-0.1, -0.05) is 0 Å². The first-order chi connectivity index (χ1) is 17.5. The van der Waals surface area contributed by atoms with Crippen molar-refractivity contribution in [1.82, 2.24) is 23.9 Å². The Morgan fingerprint density at radius 3 is 2.19 bits per heavy atom. The lowest BCUT2D eigenvalue weighted by Crippen LogP contribution is -2.55. The van der Waals surface area contributed by atoms with Crippen LogP contribution in [0.3, 0.4) is 0 Å². The third-order valence-corrected chi connectivity index (χ3v) is 9.06. The summed E-state index contributed by atoms with van der Waals surface area (Å²) in [4.78, 5) is 19.4. The number of hydrogen-bond donors (Lipinski definition) is 0. The predicted octanol–water partition coefficient (Wildman–Crippen LogP) is 0.975. The third-order valence-electron chi connectivity index (χ3n) is 6.80. The normalized spacial score (nSPS) is 20.0. The van der Waals surface area contributed by atoms with Gasteiger partial charge < -0.3 is 24.2 Å². The van der Waals surface area contributed by atoms with Crippen molar-refractivity contribution in [2.75, 3.05) is 100 Å². The molecule has 11 heteroatoms. The van der Waals surface area contributed by atoms with Crippen molar-refractivity contribution < 1.29 is 22.7 Å². The number of aryl methyl sites for hydroxylation is 2. The van der Waals surface area contributed by atoms with Gasteiger partial charge in [-0.3, -0.25) is 9.69 Å². The van der Waals surface area contributed by atoms with Gasteiger partial charge in [0.15, 0.2) is 0 Å². The van der Waals surface area contributed by atoms with E-state index in [1.807, 2.05) is 32.7 Å².